The molecule has 0 aromatic carbocycles. The van der Waals surface area contributed by atoms with Crippen LogP contribution in [0.1, 0.15) is 31.4 Å². The molecule has 0 amide bonds. The van der Waals surface area contributed by atoms with Gasteiger partial charge in [0.15, 0.2) is 11.5 Å². The smallest absolute Gasteiger partial charge is 0.158 e. The molecule has 1 saturated carbocycles. The van der Waals surface area contributed by atoms with Crippen molar-refractivity contribution in [2.75, 3.05) is 5.32 Å². The minimum Gasteiger partial charge on any atom is -0.506 e. The van der Waals surface area contributed by atoms with E-state index in [9.17, 15) is 5.11 Å². The number of nitrogens with two attached hydrogens (primary N) is 1. The minimum atomic E-state index is 0.0610. The van der Waals surface area contributed by atoms with Crippen LogP contribution in [0.15, 0.2) is 36.8 Å². The third-order valence-electron chi connectivity index (χ3n) is 4.04. The topological polar surface area (TPSA) is 149 Å². The van der Waals surface area contributed by atoms with Crippen molar-refractivity contribution in [3.8, 4) is 23.2 Å². The van der Waals surface area contributed by atoms with E-state index in [-0.39, 0.29) is 11.4 Å². The standard InChI is InChI=1S/C13H9N7O.C5H11N/c14-5-8-6-17-12(7-16-8)18-11-4-9(19-20-11)13-10(21)2-1-3-15-13;6-5-3-1-2-4-5/h1-4,6-7,21H,(H2,17,18,19,20);5H,1-4,6H2. The lowest BCUT2D eigenvalue weighted by molar-refractivity contribution is 0.475. The molecule has 0 bridgehead atoms. The van der Waals surface area contributed by atoms with E-state index >= 15 is 0 Å². The van der Waals surface area contributed by atoms with Gasteiger partial charge in [-0.1, -0.05) is 12.8 Å². The van der Waals surface area contributed by atoms with E-state index in [1.807, 2.05) is 6.07 Å². The highest BCUT2D eigenvalue weighted by atomic mass is 16.3. The molecule has 3 aromatic heterocycles. The van der Waals surface area contributed by atoms with Crippen molar-refractivity contribution in [3.05, 3.63) is 42.5 Å². The fourth-order valence-electron chi connectivity index (χ4n) is 2.65. The van der Waals surface area contributed by atoms with E-state index < -0.39 is 0 Å². The van der Waals surface area contributed by atoms with Crippen molar-refractivity contribution in [2.24, 2.45) is 5.73 Å². The first-order chi connectivity index (χ1) is 13.2. The summed E-state index contributed by atoms with van der Waals surface area (Å²) in [5.74, 6) is 1.01. The minimum absolute atomic E-state index is 0.0610. The Kier molecular flexibility index (Phi) is 5.91. The number of pyridine rings is 1. The number of nitrogens with one attached hydrogen (secondary N) is 2. The lowest BCUT2D eigenvalue weighted by Gasteiger charge is -2.00. The first-order valence-corrected chi connectivity index (χ1v) is 8.60. The van der Waals surface area contributed by atoms with Gasteiger partial charge in [0.2, 0.25) is 0 Å². The summed E-state index contributed by atoms with van der Waals surface area (Å²) in [6.45, 7) is 0. The van der Waals surface area contributed by atoms with Crippen LogP contribution in [0.3, 0.4) is 0 Å². The highest BCUT2D eigenvalue weighted by molar-refractivity contribution is 5.66. The van der Waals surface area contributed by atoms with Gasteiger partial charge in [0, 0.05) is 18.3 Å². The van der Waals surface area contributed by atoms with Crippen LogP contribution in [0, 0.1) is 11.3 Å². The second kappa shape index (κ2) is 8.73. The normalized spacial score (nSPS) is 13.5. The zero-order valence-corrected chi connectivity index (χ0v) is 14.6. The van der Waals surface area contributed by atoms with E-state index in [0.717, 1.165) is 0 Å². The maximum Gasteiger partial charge on any atom is 0.158 e. The number of nitriles is 1. The third kappa shape index (κ3) is 4.99. The Morgan fingerprint density at radius 2 is 2.00 bits per heavy atom. The van der Waals surface area contributed by atoms with Crippen LogP contribution in [0.2, 0.25) is 0 Å². The van der Waals surface area contributed by atoms with Crippen molar-refractivity contribution >= 4 is 11.6 Å². The molecule has 0 unspecified atom stereocenters. The number of aromatic nitrogens is 5. The first-order valence-electron chi connectivity index (χ1n) is 8.60. The summed E-state index contributed by atoms with van der Waals surface area (Å²) in [4.78, 5) is 12.0. The zero-order chi connectivity index (χ0) is 19.1. The molecule has 1 aliphatic carbocycles. The first kappa shape index (κ1) is 18.3. The molecule has 5 N–H and O–H groups in total. The van der Waals surface area contributed by atoms with Crippen LogP contribution in [0.25, 0.3) is 11.4 Å². The monoisotopic (exact) mass is 364 g/mol. The number of nitrogens with zero attached hydrogens (tertiary/aromatic N) is 5. The van der Waals surface area contributed by atoms with Crippen molar-refractivity contribution in [2.45, 2.75) is 31.7 Å². The molecule has 4 rings (SSSR count). The number of H-pyrrole nitrogens is 1. The summed E-state index contributed by atoms with van der Waals surface area (Å²) in [6.07, 6.45) is 9.63. The average Bonchev–Trinajstić information content (AvgIpc) is 3.35. The molecule has 27 heavy (non-hydrogen) atoms. The fraction of sp³-hybridized carbons (Fsp3) is 0.278. The molecular weight excluding hydrogens is 344 g/mol. The van der Waals surface area contributed by atoms with Crippen molar-refractivity contribution in [3.63, 3.8) is 0 Å². The van der Waals surface area contributed by atoms with Gasteiger partial charge in [-0.15, -0.1) is 0 Å². The summed E-state index contributed by atoms with van der Waals surface area (Å²) in [7, 11) is 0. The second-order valence-electron chi connectivity index (χ2n) is 6.11. The van der Waals surface area contributed by atoms with Gasteiger partial charge in [0.1, 0.15) is 23.3 Å². The number of hydrogen-bond donors (Lipinski definition) is 4. The van der Waals surface area contributed by atoms with E-state index in [0.29, 0.717) is 29.1 Å². The molecule has 3 aromatic rings. The molecular formula is C18H20N8O. The van der Waals surface area contributed by atoms with Crippen LogP contribution in [0.4, 0.5) is 11.6 Å². The number of rotatable bonds is 3. The Bertz CT molecular complexity index is 910. The Balaban J connectivity index is 0.000000299. The molecule has 0 spiro atoms. The van der Waals surface area contributed by atoms with Gasteiger partial charge in [-0.3, -0.25) is 10.1 Å². The predicted octanol–water partition coefficient (Wildman–Crippen LogP) is 2.47. The predicted molar refractivity (Wildman–Crippen MR) is 100.0 cm³/mol. The van der Waals surface area contributed by atoms with E-state index in [1.54, 1.807) is 24.4 Å². The molecule has 0 atom stereocenters. The second-order valence-corrected chi connectivity index (χ2v) is 6.11. The average molecular weight is 364 g/mol. The molecule has 1 fully saturated rings. The molecule has 1 aliphatic rings. The van der Waals surface area contributed by atoms with Gasteiger partial charge < -0.3 is 16.2 Å². The van der Waals surface area contributed by atoms with Crippen LogP contribution < -0.4 is 11.1 Å². The summed E-state index contributed by atoms with van der Waals surface area (Å²) in [5, 5.41) is 28.1. The maximum absolute atomic E-state index is 9.74. The summed E-state index contributed by atoms with van der Waals surface area (Å²) < 4.78 is 0. The van der Waals surface area contributed by atoms with Crippen molar-refractivity contribution in [1.29, 1.82) is 5.26 Å². The van der Waals surface area contributed by atoms with Crippen LogP contribution in [-0.4, -0.2) is 36.3 Å². The summed E-state index contributed by atoms with van der Waals surface area (Å²) in [6, 6.07) is 7.30. The molecule has 138 valence electrons. The Hall–Kier alpha value is -3.51. The third-order valence-corrected chi connectivity index (χ3v) is 4.04. The molecule has 9 nitrogen and oxygen atoms in total. The van der Waals surface area contributed by atoms with Gasteiger partial charge in [0.25, 0.3) is 0 Å². The number of hydrogen-bond acceptors (Lipinski definition) is 8. The van der Waals surface area contributed by atoms with E-state index in [1.165, 1.54) is 38.1 Å². The van der Waals surface area contributed by atoms with E-state index in [2.05, 4.69) is 30.5 Å². The van der Waals surface area contributed by atoms with Crippen LogP contribution >= 0.6 is 0 Å². The Labute approximate surface area is 156 Å². The highest BCUT2D eigenvalue weighted by Crippen LogP contribution is 2.26. The zero-order valence-electron chi connectivity index (χ0n) is 14.6. The SMILES string of the molecule is N#Cc1cnc(Nc2cc(-c3ncccc3O)[nH]n2)cn1.NC1CCCC1. The van der Waals surface area contributed by atoms with Gasteiger partial charge in [0.05, 0.1) is 18.1 Å². The van der Waals surface area contributed by atoms with Gasteiger partial charge >= 0.3 is 0 Å². The highest BCUT2D eigenvalue weighted by Gasteiger charge is 2.09. The van der Waals surface area contributed by atoms with E-state index in [4.69, 9.17) is 11.0 Å². The van der Waals surface area contributed by atoms with Gasteiger partial charge in [-0.25, -0.2) is 9.97 Å². The fourth-order valence-corrected chi connectivity index (χ4v) is 2.65. The van der Waals surface area contributed by atoms with Gasteiger partial charge in [-0.2, -0.15) is 10.4 Å². The molecule has 9 heteroatoms. The van der Waals surface area contributed by atoms with Crippen LogP contribution in [-0.2, 0) is 0 Å². The molecule has 0 radical (unpaired) electrons. The van der Waals surface area contributed by atoms with Gasteiger partial charge in [-0.05, 0) is 25.0 Å². The quantitative estimate of drug-likeness (QED) is 0.553. The largest absolute Gasteiger partial charge is 0.506 e. The molecule has 0 aliphatic heterocycles. The number of aromatic hydroxyl groups is 1. The Morgan fingerprint density at radius 1 is 1.19 bits per heavy atom. The van der Waals surface area contributed by atoms with Crippen molar-refractivity contribution < 1.29 is 5.11 Å². The molecule has 0 saturated heterocycles. The van der Waals surface area contributed by atoms with Crippen LogP contribution in [0.5, 0.6) is 5.75 Å². The maximum atomic E-state index is 9.74. The van der Waals surface area contributed by atoms with Crippen molar-refractivity contribution in [1.82, 2.24) is 25.1 Å². The number of aromatic amines is 1. The lowest BCUT2D eigenvalue weighted by Crippen LogP contribution is -2.13. The lowest BCUT2D eigenvalue weighted by atomic mass is 10.2. The summed E-state index contributed by atoms with van der Waals surface area (Å²) in [5.41, 5.74) is 6.75. The number of anilines is 2. The summed E-state index contributed by atoms with van der Waals surface area (Å²) >= 11 is 0. The Morgan fingerprint density at radius 3 is 2.59 bits per heavy atom. The molecule has 3 heterocycles.